The van der Waals surface area contributed by atoms with E-state index in [1.165, 1.54) is 0 Å². The molecule has 1 unspecified atom stereocenters. The molecule has 0 saturated carbocycles. The lowest BCUT2D eigenvalue weighted by atomic mass is 9.89. The number of fused-ring (bicyclic) bond motifs is 1. The highest BCUT2D eigenvalue weighted by Gasteiger charge is 2.46. The SMILES string of the molecule is O=C(CCCCCl)CC1(O)C(=O)Nc2ccccc21. The van der Waals surface area contributed by atoms with E-state index in [1.807, 2.05) is 0 Å². The summed E-state index contributed by atoms with van der Waals surface area (Å²) in [6.07, 6.45) is 1.60. The summed E-state index contributed by atoms with van der Waals surface area (Å²) in [5.74, 6) is -0.139. The Bertz CT molecular complexity index is 503. The van der Waals surface area contributed by atoms with Crippen molar-refractivity contribution >= 4 is 29.0 Å². The number of Topliss-reactive ketones (excluding diaryl/α,β-unsaturated/α-hetero) is 1. The number of rotatable bonds is 6. The first-order valence-electron chi connectivity index (χ1n) is 6.29. The van der Waals surface area contributed by atoms with Crippen molar-refractivity contribution < 1.29 is 14.7 Å². The fourth-order valence-corrected chi connectivity index (χ4v) is 2.46. The number of ketones is 1. The van der Waals surface area contributed by atoms with Gasteiger partial charge in [-0.2, -0.15) is 0 Å². The average Bonchev–Trinajstić information content (AvgIpc) is 2.62. The summed E-state index contributed by atoms with van der Waals surface area (Å²) in [6, 6.07) is 6.89. The van der Waals surface area contributed by atoms with E-state index in [0.29, 0.717) is 30.0 Å². The molecule has 5 heteroatoms. The van der Waals surface area contributed by atoms with Crippen LogP contribution in [0.4, 0.5) is 5.69 Å². The molecule has 102 valence electrons. The molecular weight excluding hydrogens is 266 g/mol. The van der Waals surface area contributed by atoms with Crippen LogP contribution in [0.2, 0.25) is 0 Å². The molecule has 2 rings (SSSR count). The smallest absolute Gasteiger partial charge is 0.261 e. The molecule has 0 aromatic heterocycles. The monoisotopic (exact) mass is 281 g/mol. The van der Waals surface area contributed by atoms with Crippen molar-refractivity contribution in [3.63, 3.8) is 0 Å². The molecule has 0 radical (unpaired) electrons. The Hall–Kier alpha value is -1.39. The molecule has 0 aliphatic carbocycles. The van der Waals surface area contributed by atoms with Crippen molar-refractivity contribution in [2.24, 2.45) is 0 Å². The molecule has 1 atom stereocenters. The van der Waals surface area contributed by atoms with E-state index in [0.717, 1.165) is 6.42 Å². The summed E-state index contributed by atoms with van der Waals surface area (Å²) in [5, 5.41) is 13.1. The van der Waals surface area contributed by atoms with Crippen LogP contribution in [0.5, 0.6) is 0 Å². The summed E-state index contributed by atoms with van der Waals surface area (Å²) < 4.78 is 0. The number of amides is 1. The number of nitrogens with one attached hydrogen (secondary N) is 1. The summed E-state index contributed by atoms with van der Waals surface area (Å²) >= 11 is 5.55. The Morgan fingerprint density at radius 1 is 1.32 bits per heavy atom. The summed E-state index contributed by atoms with van der Waals surface area (Å²) in [7, 11) is 0. The maximum Gasteiger partial charge on any atom is 0.261 e. The first-order valence-corrected chi connectivity index (χ1v) is 6.82. The van der Waals surface area contributed by atoms with Gasteiger partial charge >= 0.3 is 0 Å². The van der Waals surface area contributed by atoms with Crippen LogP contribution >= 0.6 is 11.6 Å². The highest BCUT2D eigenvalue weighted by molar-refractivity contribution is 6.17. The molecule has 0 saturated heterocycles. The second kappa shape index (κ2) is 5.72. The van der Waals surface area contributed by atoms with Gasteiger partial charge in [0.25, 0.3) is 5.91 Å². The van der Waals surface area contributed by atoms with Gasteiger partial charge in [-0.1, -0.05) is 18.2 Å². The molecule has 1 aliphatic heterocycles. The van der Waals surface area contributed by atoms with Gasteiger partial charge < -0.3 is 10.4 Å². The van der Waals surface area contributed by atoms with Gasteiger partial charge in [0.15, 0.2) is 5.60 Å². The zero-order chi connectivity index (χ0) is 13.9. The second-order valence-corrected chi connectivity index (χ2v) is 5.10. The molecule has 2 N–H and O–H groups in total. The average molecular weight is 282 g/mol. The maximum atomic E-state index is 11.9. The summed E-state index contributed by atoms with van der Waals surface area (Å²) in [6.45, 7) is 0. The summed E-state index contributed by atoms with van der Waals surface area (Å²) in [5.41, 5.74) is -0.677. The Kier molecular flexibility index (Phi) is 4.22. The van der Waals surface area contributed by atoms with Gasteiger partial charge in [-0.3, -0.25) is 9.59 Å². The Morgan fingerprint density at radius 2 is 2.05 bits per heavy atom. The van der Waals surface area contributed by atoms with Crippen LogP contribution < -0.4 is 5.32 Å². The van der Waals surface area contributed by atoms with Crippen LogP contribution in [0.25, 0.3) is 0 Å². The van der Waals surface area contributed by atoms with Crippen molar-refractivity contribution in [1.82, 2.24) is 0 Å². The molecule has 0 bridgehead atoms. The molecule has 1 amide bonds. The zero-order valence-corrected chi connectivity index (χ0v) is 11.2. The molecule has 1 aromatic carbocycles. The van der Waals surface area contributed by atoms with E-state index in [-0.39, 0.29) is 12.2 Å². The molecule has 19 heavy (non-hydrogen) atoms. The molecule has 1 aromatic rings. The van der Waals surface area contributed by atoms with Gasteiger partial charge in [-0.05, 0) is 18.9 Å². The third kappa shape index (κ3) is 2.80. The van der Waals surface area contributed by atoms with E-state index in [9.17, 15) is 14.7 Å². The van der Waals surface area contributed by atoms with E-state index in [4.69, 9.17) is 11.6 Å². The number of alkyl halides is 1. The second-order valence-electron chi connectivity index (χ2n) is 4.72. The standard InChI is InChI=1S/C14H16ClNO3/c15-8-4-3-5-10(17)9-14(19)11-6-1-2-7-12(11)16-13(14)18/h1-2,6-7,19H,3-5,8-9H2,(H,16,18). The van der Waals surface area contributed by atoms with E-state index in [1.54, 1.807) is 24.3 Å². The van der Waals surface area contributed by atoms with E-state index >= 15 is 0 Å². The largest absolute Gasteiger partial charge is 0.375 e. The van der Waals surface area contributed by atoms with Crippen molar-refractivity contribution in [3.8, 4) is 0 Å². The minimum absolute atomic E-state index is 0.125. The maximum absolute atomic E-state index is 11.9. The predicted molar refractivity (Wildman–Crippen MR) is 73.2 cm³/mol. The topological polar surface area (TPSA) is 66.4 Å². The third-order valence-electron chi connectivity index (χ3n) is 3.29. The molecular formula is C14H16ClNO3. The lowest BCUT2D eigenvalue weighted by Crippen LogP contribution is -2.36. The van der Waals surface area contributed by atoms with Gasteiger partial charge in [-0.25, -0.2) is 0 Å². The Labute approximate surface area is 116 Å². The Morgan fingerprint density at radius 3 is 2.79 bits per heavy atom. The summed E-state index contributed by atoms with van der Waals surface area (Å²) in [4.78, 5) is 23.7. The third-order valence-corrected chi connectivity index (χ3v) is 3.56. The number of para-hydroxylation sites is 1. The van der Waals surface area contributed by atoms with Crippen LogP contribution in [-0.4, -0.2) is 22.7 Å². The van der Waals surface area contributed by atoms with Crippen molar-refractivity contribution in [3.05, 3.63) is 29.8 Å². The fourth-order valence-electron chi connectivity index (χ4n) is 2.27. The highest BCUT2D eigenvalue weighted by atomic mass is 35.5. The molecule has 1 heterocycles. The lowest BCUT2D eigenvalue weighted by molar-refractivity contribution is -0.140. The van der Waals surface area contributed by atoms with Crippen LogP contribution in [0.1, 0.15) is 31.2 Å². The molecule has 0 spiro atoms. The van der Waals surface area contributed by atoms with E-state index < -0.39 is 11.5 Å². The van der Waals surface area contributed by atoms with E-state index in [2.05, 4.69) is 5.32 Å². The van der Waals surface area contributed by atoms with Crippen molar-refractivity contribution in [2.45, 2.75) is 31.3 Å². The van der Waals surface area contributed by atoms with Gasteiger partial charge in [0.2, 0.25) is 0 Å². The number of hydrogen-bond acceptors (Lipinski definition) is 3. The number of hydrogen-bond donors (Lipinski definition) is 2. The fraction of sp³-hybridized carbons (Fsp3) is 0.429. The van der Waals surface area contributed by atoms with Gasteiger partial charge in [-0.15, -0.1) is 11.6 Å². The molecule has 1 aliphatic rings. The van der Waals surface area contributed by atoms with Gasteiger partial charge in [0, 0.05) is 30.0 Å². The quantitative estimate of drug-likeness (QED) is 0.620. The normalized spacial score (nSPS) is 21.1. The minimum Gasteiger partial charge on any atom is -0.375 e. The van der Waals surface area contributed by atoms with Crippen molar-refractivity contribution in [1.29, 1.82) is 0 Å². The number of carbonyl (C=O) groups excluding carboxylic acids is 2. The number of unbranched alkanes of at least 4 members (excludes halogenated alkanes) is 1. The minimum atomic E-state index is -1.73. The number of anilines is 1. The number of aliphatic hydroxyl groups is 1. The lowest BCUT2D eigenvalue weighted by Gasteiger charge is -2.19. The number of halogens is 1. The predicted octanol–water partition coefficient (Wildman–Crippen LogP) is 2.19. The number of benzene rings is 1. The van der Waals surface area contributed by atoms with Gasteiger partial charge in [0.05, 0.1) is 0 Å². The first-order chi connectivity index (χ1) is 9.08. The van der Waals surface area contributed by atoms with Crippen LogP contribution in [0.15, 0.2) is 24.3 Å². The highest BCUT2D eigenvalue weighted by Crippen LogP contribution is 2.38. The zero-order valence-electron chi connectivity index (χ0n) is 10.5. The van der Waals surface area contributed by atoms with Crippen LogP contribution in [0, 0.1) is 0 Å². The number of carbonyl (C=O) groups is 2. The van der Waals surface area contributed by atoms with Crippen LogP contribution in [0.3, 0.4) is 0 Å². The first kappa shape index (κ1) is 14.0. The van der Waals surface area contributed by atoms with Gasteiger partial charge in [0.1, 0.15) is 5.78 Å². The van der Waals surface area contributed by atoms with Crippen LogP contribution in [-0.2, 0) is 15.2 Å². The Balaban J connectivity index is 2.10. The van der Waals surface area contributed by atoms with Crippen molar-refractivity contribution in [2.75, 3.05) is 11.2 Å². The molecule has 0 fully saturated rings. The molecule has 4 nitrogen and oxygen atoms in total.